The molecule has 5 heteroatoms. The van der Waals surface area contributed by atoms with Gasteiger partial charge in [0.1, 0.15) is 17.5 Å². The third-order valence-corrected chi connectivity index (χ3v) is 5.57. The number of nitrogens with zero attached hydrogens (tertiary/aromatic N) is 3. The zero-order valence-corrected chi connectivity index (χ0v) is 15.2. The third-order valence-electron chi connectivity index (χ3n) is 5.57. The van der Waals surface area contributed by atoms with Gasteiger partial charge in [0.05, 0.1) is 0 Å². The number of fused-ring (bicyclic) bond motifs is 1. The second kappa shape index (κ2) is 7.14. The van der Waals surface area contributed by atoms with E-state index in [0.29, 0.717) is 5.56 Å². The molecule has 0 atom stereocenters. The fourth-order valence-corrected chi connectivity index (χ4v) is 4.16. The van der Waals surface area contributed by atoms with Gasteiger partial charge in [-0.2, -0.15) is 0 Å². The van der Waals surface area contributed by atoms with Crippen molar-refractivity contribution in [1.82, 2.24) is 9.97 Å². The maximum Gasteiger partial charge on any atom is 0.166 e. The lowest BCUT2D eigenvalue weighted by Crippen LogP contribution is -2.38. The van der Waals surface area contributed by atoms with E-state index in [2.05, 4.69) is 9.88 Å². The van der Waals surface area contributed by atoms with Crippen LogP contribution < -0.4 is 4.90 Å². The van der Waals surface area contributed by atoms with Gasteiger partial charge >= 0.3 is 0 Å². The molecule has 1 aliphatic carbocycles. The summed E-state index contributed by atoms with van der Waals surface area (Å²) in [5.74, 6) is 1.76. The molecule has 1 aromatic heterocycles. The number of ketones is 1. The molecule has 0 saturated carbocycles. The molecule has 0 N–H and O–H groups in total. The summed E-state index contributed by atoms with van der Waals surface area (Å²) < 4.78 is 13.1. The highest BCUT2D eigenvalue weighted by Crippen LogP contribution is 2.31. The van der Waals surface area contributed by atoms with E-state index in [1.54, 1.807) is 12.1 Å². The van der Waals surface area contributed by atoms with Crippen molar-refractivity contribution >= 4 is 11.6 Å². The van der Waals surface area contributed by atoms with E-state index in [1.807, 2.05) is 6.92 Å². The summed E-state index contributed by atoms with van der Waals surface area (Å²) in [6.45, 7) is 3.63. The topological polar surface area (TPSA) is 46.1 Å². The van der Waals surface area contributed by atoms with Gasteiger partial charge in [-0.05, 0) is 69.7 Å². The highest BCUT2D eigenvalue weighted by atomic mass is 19.1. The lowest BCUT2D eigenvalue weighted by Gasteiger charge is -2.34. The van der Waals surface area contributed by atoms with E-state index in [-0.39, 0.29) is 17.5 Å². The number of halogens is 1. The van der Waals surface area contributed by atoms with Gasteiger partial charge in [-0.25, -0.2) is 14.4 Å². The van der Waals surface area contributed by atoms with Gasteiger partial charge in [0, 0.05) is 35.8 Å². The molecule has 4 nitrogen and oxygen atoms in total. The minimum Gasteiger partial charge on any atom is -0.356 e. The molecule has 1 aromatic carbocycles. The molecule has 26 heavy (non-hydrogen) atoms. The van der Waals surface area contributed by atoms with Crippen LogP contribution in [0.3, 0.4) is 0 Å². The third kappa shape index (κ3) is 3.35. The summed E-state index contributed by atoms with van der Waals surface area (Å²) >= 11 is 0. The van der Waals surface area contributed by atoms with Crippen LogP contribution >= 0.6 is 0 Å². The summed E-state index contributed by atoms with van der Waals surface area (Å²) in [5, 5.41) is 0. The number of carbonyl (C=O) groups excluding carboxylic acids is 1. The number of rotatable bonds is 3. The number of Topliss-reactive ketones (excluding diaryl/α,β-unsaturated/α-hetero) is 1. The Bertz CT molecular complexity index is 811. The van der Waals surface area contributed by atoms with Gasteiger partial charge in [0.15, 0.2) is 5.78 Å². The Morgan fingerprint density at radius 2 is 1.77 bits per heavy atom. The van der Waals surface area contributed by atoms with Crippen molar-refractivity contribution in [2.45, 2.75) is 45.4 Å². The number of anilines is 1. The lowest BCUT2D eigenvalue weighted by atomic mass is 9.88. The quantitative estimate of drug-likeness (QED) is 0.785. The van der Waals surface area contributed by atoms with Crippen molar-refractivity contribution in [3.63, 3.8) is 0 Å². The van der Waals surface area contributed by atoms with Gasteiger partial charge in [-0.15, -0.1) is 0 Å². The highest BCUT2D eigenvalue weighted by molar-refractivity contribution is 5.98. The minimum atomic E-state index is -0.305. The van der Waals surface area contributed by atoms with Crippen molar-refractivity contribution in [3.8, 4) is 0 Å². The maximum atomic E-state index is 13.1. The molecule has 0 amide bonds. The molecule has 2 aliphatic rings. The largest absolute Gasteiger partial charge is 0.356 e. The van der Waals surface area contributed by atoms with Gasteiger partial charge in [0.2, 0.25) is 0 Å². The van der Waals surface area contributed by atoms with Crippen LogP contribution in [0, 0.1) is 18.7 Å². The SMILES string of the molecule is Cc1nc2c(c(N3CCC(C(=O)c4ccc(F)cc4)CC3)n1)CCCC2. The maximum absolute atomic E-state index is 13.1. The van der Waals surface area contributed by atoms with Gasteiger partial charge in [-0.3, -0.25) is 4.79 Å². The molecular formula is C21H24FN3O. The van der Waals surface area contributed by atoms with Gasteiger partial charge < -0.3 is 4.90 Å². The number of aryl methyl sites for hydroxylation is 2. The number of benzene rings is 1. The van der Waals surface area contributed by atoms with Crippen LogP contribution in [0.5, 0.6) is 0 Å². The average Bonchev–Trinajstić information content (AvgIpc) is 2.67. The summed E-state index contributed by atoms with van der Waals surface area (Å²) in [5.41, 5.74) is 3.13. The van der Waals surface area contributed by atoms with Crippen molar-refractivity contribution in [1.29, 1.82) is 0 Å². The number of piperidine rings is 1. The summed E-state index contributed by atoms with van der Waals surface area (Å²) in [6, 6.07) is 5.90. The first-order valence-electron chi connectivity index (χ1n) is 9.53. The highest BCUT2D eigenvalue weighted by Gasteiger charge is 2.28. The van der Waals surface area contributed by atoms with Crippen molar-refractivity contribution < 1.29 is 9.18 Å². The standard InChI is InChI=1S/C21H24FN3O/c1-14-23-19-5-3-2-4-18(19)21(24-14)25-12-10-16(11-13-25)20(26)15-6-8-17(22)9-7-15/h6-9,16H,2-5,10-13H2,1H3. The van der Waals surface area contributed by atoms with E-state index in [0.717, 1.165) is 50.4 Å². The second-order valence-electron chi connectivity index (χ2n) is 7.36. The van der Waals surface area contributed by atoms with E-state index in [4.69, 9.17) is 4.98 Å². The van der Waals surface area contributed by atoms with Crippen LogP contribution in [0.1, 0.15) is 53.1 Å². The van der Waals surface area contributed by atoms with Crippen LogP contribution in [0.4, 0.5) is 10.2 Å². The van der Waals surface area contributed by atoms with E-state index >= 15 is 0 Å². The molecule has 0 radical (unpaired) electrons. The Morgan fingerprint density at radius 1 is 1.08 bits per heavy atom. The normalized spacial score (nSPS) is 17.8. The molecule has 1 fully saturated rings. The summed E-state index contributed by atoms with van der Waals surface area (Å²) in [6.07, 6.45) is 6.13. The molecule has 4 rings (SSSR count). The Morgan fingerprint density at radius 3 is 2.50 bits per heavy atom. The Labute approximate surface area is 153 Å². The zero-order chi connectivity index (χ0) is 18.1. The van der Waals surface area contributed by atoms with Crippen LogP contribution in [0.15, 0.2) is 24.3 Å². The predicted octanol–water partition coefficient (Wildman–Crippen LogP) is 3.90. The molecule has 0 bridgehead atoms. The lowest BCUT2D eigenvalue weighted by molar-refractivity contribution is 0.0900. The first kappa shape index (κ1) is 17.1. The van der Waals surface area contributed by atoms with Gasteiger partial charge in [0.25, 0.3) is 0 Å². The molecule has 1 aliphatic heterocycles. The van der Waals surface area contributed by atoms with Crippen molar-refractivity contribution in [3.05, 3.63) is 52.7 Å². The number of aromatic nitrogens is 2. The number of carbonyl (C=O) groups is 1. The van der Waals surface area contributed by atoms with Crippen LogP contribution in [-0.4, -0.2) is 28.8 Å². The number of hydrogen-bond donors (Lipinski definition) is 0. The molecular weight excluding hydrogens is 329 g/mol. The summed E-state index contributed by atoms with van der Waals surface area (Å²) in [7, 11) is 0. The fourth-order valence-electron chi connectivity index (χ4n) is 4.16. The minimum absolute atomic E-state index is 0.00970. The van der Waals surface area contributed by atoms with Crippen LogP contribution in [-0.2, 0) is 12.8 Å². The number of hydrogen-bond acceptors (Lipinski definition) is 4. The van der Waals surface area contributed by atoms with Crippen LogP contribution in [0.25, 0.3) is 0 Å². The van der Waals surface area contributed by atoms with E-state index < -0.39 is 0 Å². The Kier molecular flexibility index (Phi) is 4.70. The Hall–Kier alpha value is -2.30. The van der Waals surface area contributed by atoms with E-state index in [1.165, 1.54) is 36.2 Å². The first-order chi connectivity index (χ1) is 12.6. The molecule has 2 heterocycles. The summed E-state index contributed by atoms with van der Waals surface area (Å²) in [4.78, 5) is 24.4. The van der Waals surface area contributed by atoms with Crippen molar-refractivity contribution in [2.24, 2.45) is 5.92 Å². The monoisotopic (exact) mass is 353 g/mol. The zero-order valence-electron chi connectivity index (χ0n) is 15.2. The fraction of sp³-hybridized carbons (Fsp3) is 0.476. The molecule has 136 valence electrons. The second-order valence-corrected chi connectivity index (χ2v) is 7.36. The van der Waals surface area contributed by atoms with Crippen LogP contribution in [0.2, 0.25) is 0 Å². The Balaban J connectivity index is 1.48. The smallest absolute Gasteiger partial charge is 0.166 e. The first-order valence-corrected chi connectivity index (χ1v) is 9.53. The molecule has 0 unspecified atom stereocenters. The van der Waals surface area contributed by atoms with E-state index in [9.17, 15) is 9.18 Å². The molecule has 1 saturated heterocycles. The predicted molar refractivity (Wildman–Crippen MR) is 99.1 cm³/mol. The van der Waals surface area contributed by atoms with Crippen molar-refractivity contribution in [2.75, 3.05) is 18.0 Å². The molecule has 0 spiro atoms. The average molecular weight is 353 g/mol. The molecule has 2 aromatic rings. The van der Waals surface area contributed by atoms with Gasteiger partial charge in [-0.1, -0.05) is 0 Å².